The summed E-state index contributed by atoms with van der Waals surface area (Å²) in [5, 5.41) is 9.95. The van der Waals surface area contributed by atoms with Crippen LogP contribution in [0.5, 0.6) is 0 Å². The average molecular weight is 89.1 g/mol. The van der Waals surface area contributed by atoms with E-state index in [2.05, 4.69) is 0 Å². The molecule has 35 valence electrons. The molecular weight excluding hydrogens is 83.0 g/mol. The lowest BCUT2D eigenvalue weighted by Crippen LogP contribution is -2.27. The minimum absolute atomic E-state index is 0.250. The Morgan fingerprint density at radius 3 is 2.00 bits per heavy atom. The van der Waals surface area contributed by atoms with Gasteiger partial charge in [0.2, 0.25) is 0 Å². The first-order valence-corrected chi connectivity index (χ1v) is 2.09. The lowest BCUT2D eigenvalue weighted by molar-refractivity contribution is -0.0276. The zero-order valence-corrected chi connectivity index (χ0v) is 3.36. The average Bonchev–Trinajstić information content (AvgIpc) is 1.33. The van der Waals surface area contributed by atoms with Gasteiger partial charge in [0.1, 0.15) is 6.17 Å². The third-order valence-electron chi connectivity index (χ3n) is 1.04. The Labute approximate surface area is 35.8 Å². The van der Waals surface area contributed by atoms with Crippen molar-refractivity contribution in [3.05, 3.63) is 0 Å². The molecule has 0 N–H and O–H groups in total. The van der Waals surface area contributed by atoms with Gasteiger partial charge in [0.15, 0.2) is 0 Å². The van der Waals surface area contributed by atoms with Gasteiger partial charge in [0.25, 0.3) is 0 Å². The van der Waals surface area contributed by atoms with Crippen LogP contribution in [-0.2, 0) is 5.11 Å². The first kappa shape index (κ1) is 4.06. The first-order valence-electron chi connectivity index (χ1n) is 2.09. The minimum atomic E-state index is -0.771. The molecule has 0 aromatic heterocycles. The predicted molar refractivity (Wildman–Crippen MR) is 18.6 cm³/mol. The van der Waals surface area contributed by atoms with Gasteiger partial charge in [0.05, 0.1) is 6.10 Å². The molecule has 0 atom stereocenters. The van der Waals surface area contributed by atoms with Crippen LogP contribution in [0.1, 0.15) is 12.8 Å². The van der Waals surface area contributed by atoms with Gasteiger partial charge in [-0.25, -0.2) is 9.50 Å². The van der Waals surface area contributed by atoms with E-state index >= 15 is 0 Å². The summed E-state index contributed by atoms with van der Waals surface area (Å²) in [6.45, 7) is 0. The van der Waals surface area contributed by atoms with E-state index in [1.165, 1.54) is 0 Å². The van der Waals surface area contributed by atoms with Crippen LogP contribution in [0.25, 0.3) is 0 Å². The van der Waals surface area contributed by atoms with Crippen LogP contribution in [0, 0.1) is 0 Å². The largest absolute Gasteiger partial charge is 0.247 e. The summed E-state index contributed by atoms with van der Waals surface area (Å²) >= 11 is 0. The van der Waals surface area contributed by atoms with Gasteiger partial charge in [-0.1, -0.05) is 0 Å². The fourth-order valence-corrected chi connectivity index (χ4v) is 0.501. The van der Waals surface area contributed by atoms with Crippen molar-refractivity contribution in [2.24, 2.45) is 0 Å². The fraction of sp³-hybridized carbons (Fsp3) is 1.00. The number of rotatable bonds is 0. The van der Waals surface area contributed by atoms with E-state index < -0.39 is 12.3 Å². The predicted octanol–water partition coefficient (Wildman–Crippen LogP) is 0.917. The molecule has 1 fully saturated rings. The summed E-state index contributed by atoms with van der Waals surface area (Å²) in [5.41, 5.74) is 0. The van der Waals surface area contributed by atoms with Gasteiger partial charge in [0, 0.05) is 12.8 Å². The van der Waals surface area contributed by atoms with E-state index in [1.54, 1.807) is 0 Å². The smallest absolute Gasteiger partial charge is 0.105 e. The molecular formula is C4H6FO. The van der Waals surface area contributed by atoms with Crippen LogP contribution >= 0.6 is 0 Å². The highest BCUT2D eigenvalue weighted by Crippen LogP contribution is 2.22. The van der Waals surface area contributed by atoms with Crippen molar-refractivity contribution in [1.82, 2.24) is 0 Å². The Morgan fingerprint density at radius 2 is 2.00 bits per heavy atom. The molecule has 0 aromatic rings. The summed E-state index contributed by atoms with van der Waals surface area (Å²) in [7, 11) is 0. The Hall–Kier alpha value is -0.110. The molecule has 0 heterocycles. The van der Waals surface area contributed by atoms with Crippen molar-refractivity contribution in [2.75, 3.05) is 0 Å². The second kappa shape index (κ2) is 1.19. The number of halogens is 1. The molecule has 0 spiro atoms. The number of hydrogen-bond donors (Lipinski definition) is 0. The van der Waals surface area contributed by atoms with Crippen molar-refractivity contribution in [3.8, 4) is 0 Å². The molecule has 1 aliphatic carbocycles. The molecule has 0 aliphatic heterocycles. The van der Waals surface area contributed by atoms with Crippen molar-refractivity contribution in [1.29, 1.82) is 0 Å². The maximum Gasteiger partial charge on any atom is 0.105 e. The summed E-state index contributed by atoms with van der Waals surface area (Å²) in [6.07, 6.45) is -0.854. The van der Waals surface area contributed by atoms with Crippen molar-refractivity contribution < 1.29 is 9.50 Å². The van der Waals surface area contributed by atoms with Gasteiger partial charge < -0.3 is 0 Å². The van der Waals surface area contributed by atoms with Crippen molar-refractivity contribution in [2.45, 2.75) is 25.1 Å². The number of alkyl halides is 1. The zero-order valence-electron chi connectivity index (χ0n) is 3.36. The summed E-state index contributed by atoms with van der Waals surface area (Å²) in [4.78, 5) is 0. The van der Waals surface area contributed by atoms with E-state index in [-0.39, 0.29) is 12.8 Å². The second-order valence-corrected chi connectivity index (χ2v) is 1.69. The third kappa shape index (κ3) is 0.522. The molecule has 1 rings (SSSR count). The summed E-state index contributed by atoms with van der Waals surface area (Å²) < 4.78 is 11.6. The second-order valence-electron chi connectivity index (χ2n) is 1.69. The highest BCUT2D eigenvalue weighted by Gasteiger charge is 2.27. The van der Waals surface area contributed by atoms with E-state index in [0.717, 1.165) is 0 Å². The highest BCUT2D eigenvalue weighted by atomic mass is 19.1. The molecule has 0 bridgehead atoms. The molecule has 0 amide bonds. The maximum atomic E-state index is 11.6. The van der Waals surface area contributed by atoms with Crippen LogP contribution in [0.15, 0.2) is 0 Å². The standard InChI is InChI=1S/C4H6FO/c5-3-1-4(6)2-3/h3-4H,1-2H2. The van der Waals surface area contributed by atoms with Crippen LogP contribution in [0.4, 0.5) is 4.39 Å². The lowest BCUT2D eigenvalue weighted by Gasteiger charge is -2.21. The quantitative estimate of drug-likeness (QED) is 0.420. The van der Waals surface area contributed by atoms with E-state index in [9.17, 15) is 9.50 Å². The Morgan fingerprint density at radius 1 is 1.50 bits per heavy atom. The topological polar surface area (TPSA) is 19.9 Å². The molecule has 1 nitrogen and oxygen atoms in total. The van der Waals surface area contributed by atoms with Crippen molar-refractivity contribution in [3.63, 3.8) is 0 Å². The normalized spacial score (nSPS) is 45.0. The van der Waals surface area contributed by atoms with Crippen LogP contribution in [-0.4, -0.2) is 12.3 Å². The van der Waals surface area contributed by atoms with E-state index in [4.69, 9.17) is 0 Å². The first-order chi connectivity index (χ1) is 2.79. The molecule has 1 saturated carbocycles. The van der Waals surface area contributed by atoms with Gasteiger partial charge in [-0.2, -0.15) is 0 Å². The third-order valence-corrected chi connectivity index (χ3v) is 1.04. The molecule has 1 aliphatic rings. The molecule has 0 aromatic carbocycles. The van der Waals surface area contributed by atoms with Crippen molar-refractivity contribution >= 4 is 0 Å². The fourth-order valence-electron chi connectivity index (χ4n) is 0.501. The molecule has 0 unspecified atom stereocenters. The minimum Gasteiger partial charge on any atom is -0.247 e. The van der Waals surface area contributed by atoms with Crippen LogP contribution < -0.4 is 0 Å². The summed E-state index contributed by atoms with van der Waals surface area (Å²) in [5.74, 6) is 0. The zero-order chi connectivity index (χ0) is 4.57. The Balaban J connectivity index is 2.11. The van der Waals surface area contributed by atoms with E-state index in [0.29, 0.717) is 0 Å². The Bertz CT molecular complexity index is 43.5. The van der Waals surface area contributed by atoms with Gasteiger partial charge in [-0.3, -0.25) is 0 Å². The SMILES string of the molecule is [O]C1CC(F)C1. The van der Waals surface area contributed by atoms with Crippen LogP contribution in [0.3, 0.4) is 0 Å². The number of hydrogen-bond acceptors (Lipinski definition) is 0. The van der Waals surface area contributed by atoms with Gasteiger partial charge in [-0.15, -0.1) is 0 Å². The molecule has 0 saturated heterocycles. The lowest BCUT2D eigenvalue weighted by atomic mass is 9.94. The molecule has 6 heavy (non-hydrogen) atoms. The van der Waals surface area contributed by atoms with Gasteiger partial charge in [-0.05, 0) is 0 Å². The van der Waals surface area contributed by atoms with Crippen LogP contribution in [0.2, 0.25) is 0 Å². The summed E-state index contributed by atoms with van der Waals surface area (Å²) in [6, 6.07) is 0. The monoisotopic (exact) mass is 89.0 g/mol. The molecule has 1 radical (unpaired) electrons. The van der Waals surface area contributed by atoms with Gasteiger partial charge >= 0.3 is 0 Å². The maximum absolute atomic E-state index is 11.6. The molecule has 2 heteroatoms. The highest BCUT2D eigenvalue weighted by molar-refractivity contribution is 4.76. The Kier molecular flexibility index (Phi) is 0.804. The van der Waals surface area contributed by atoms with E-state index in [1.807, 2.05) is 0 Å².